The maximum absolute atomic E-state index is 13.3. The molecule has 4 nitrogen and oxygen atoms in total. The summed E-state index contributed by atoms with van der Waals surface area (Å²) in [6.45, 7) is 0. The molecule has 0 aliphatic heterocycles. The Morgan fingerprint density at radius 1 is 0.643 bits per heavy atom. The van der Waals surface area contributed by atoms with E-state index in [2.05, 4.69) is 4.99 Å². The van der Waals surface area contributed by atoms with Gasteiger partial charge in [0.1, 0.15) is 0 Å². The largest absolute Gasteiger partial charge is 0.417 e. The Morgan fingerprint density at radius 3 is 1.32 bits per heavy atom. The molecule has 0 saturated heterocycles. The topological polar surface area (TPSA) is 83.7 Å². The number of hydrogen-bond donors (Lipinski definition) is 0. The predicted molar refractivity (Wildman–Crippen MR) is 82.6 cm³/mol. The van der Waals surface area contributed by atoms with Gasteiger partial charge in [0, 0.05) is 11.1 Å². The fraction of sp³-hybridized carbons (Fsp3) is 0.111. The highest BCUT2D eigenvalue weighted by Gasteiger charge is 2.40. The lowest BCUT2D eigenvalue weighted by molar-refractivity contribution is -0.138. The van der Waals surface area contributed by atoms with Gasteiger partial charge in [0.05, 0.1) is 40.1 Å². The fourth-order valence-electron chi connectivity index (χ4n) is 3.01. The number of nitriles is 3. The summed E-state index contributed by atoms with van der Waals surface area (Å²) in [7, 11) is 0. The molecule has 1 aliphatic rings. The summed E-state index contributed by atoms with van der Waals surface area (Å²) in [5.41, 5.74) is -5.08. The third-order valence-corrected chi connectivity index (χ3v) is 4.13. The highest BCUT2D eigenvalue weighted by Crippen LogP contribution is 2.45. The summed E-state index contributed by atoms with van der Waals surface area (Å²) in [6, 6.07) is 5.54. The second-order valence-electron chi connectivity index (χ2n) is 5.67. The van der Waals surface area contributed by atoms with E-state index >= 15 is 0 Å². The molecule has 0 N–H and O–H groups in total. The summed E-state index contributed by atoms with van der Waals surface area (Å²) < 4.78 is 79.5. The van der Waals surface area contributed by atoms with E-state index in [1.807, 2.05) is 0 Å². The minimum atomic E-state index is -4.92. The highest BCUT2D eigenvalue weighted by molar-refractivity contribution is 6.25. The van der Waals surface area contributed by atoms with Gasteiger partial charge < -0.3 is 0 Å². The van der Waals surface area contributed by atoms with E-state index < -0.39 is 34.6 Å². The third kappa shape index (κ3) is 2.83. The van der Waals surface area contributed by atoms with Crippen LogP contribution in [0.4, 0.5) is 26.3 Å². The lowest BCUT2D eigenvalue weighted by atomic mass is 9.96. The van der Waals surface area contributed by atoms with Crippen molar-refractivity contribution in [2.75, 3.05) is 0 Å². The first-order valence-electron chi connectivity index (χ1n) is 7.31. The van der Waals surface area contributed by atoms with Gasteiger partial charge in [-0.05, 0) is 35.4 Å². The molecule has 0 radical (unpaired) electrons. The number of fused-ring (bicyclic) bond motifs is 3. The predicted octanol–water partition coefficient (Wildman–Crippen LogP) is 4.77. The van der Waals surface area contributed by atoms with Gasteiger partial charge in [0.15, 0.2) is 0 Å². The quantitative estimate of drug-likeness (QED) is 0.410. The van der Waals surface area contributed by atoms with Gasteiger partial charge in [-0.3, -0.25) is 0 Å². The van der Waals surface area contributed by atoms with Crippen molar-refractivity contribution >= 4 is 5.71 Å². The van der Waals surface area contributed by atoms with Crippen LogP contribution in [0.2, 0.25) is 0 Å². The summed E-state index contributed by atoms with van der Waals surface area (Å²) >= 11 is 0. The van der Waals surface area contributed by atoms with Crippen LogP contribution >= 0.6 is 0 Å². The van der Waals surface area contributed by atoms with Gasteiger partial charge in [0.25, 0.3) is 0 Å². The first-order valence-corrected chi connectivity index (χ1v) is 7.31. The Balaban J connectivity index is 2.45. The van der Waals surface area contributed by atoms with Crippen LogP contribution in [0.15, 0.2) is 29.3 Å². The van der Waals surface area contributed by atoms with E-state index in [4.69, 9.17) is 15.8 Å². The monoisotopic (exact) mass is 390 g/mol. The highest BCUT2D eigenvalue weighted by atomic mass is 19.4. The summed E-state index contributed by atoms with van der Waals surface area (Å²) in [5, 5.41) is 26.9. The van der Waals surface area contributed by atoms with Crippen molar-refractivity contribution in [3.8, 4) is 29.5 Å². The van der Waals surface area contributed by atoms with Gasteiger partial charge in [-0.25, -0.2) is 0 Å². The minimum Gasteiger partial charge on any atom is -0.192 e. The van der Waals surface area contributed by atoms with Gasteiger partial charge in [-0.1, -0.05) is 0 Å². The van der Waals surface area contributed by atoms with Crippen LogP contribution in [0.5, 0.6) is 0 Å². The second-order valence-corrected chi connectivity index (χ2v) is 5.67. The zero-order valence-corrected chi connectivity index (χ0v) is 13.4. The average Bonchev–Trinajstić information content (AvgIpc) is 2.91. The molecule has 2 aromatic rings. The molecule has 0 atom stereocenters. The molecule has 0 fully saturated rings. The summed E-state index contributed by atoms with van der Waals surface area (Å²) in [4.78, 5) is 3.48. The van der Waals surface area contributed by atoms with Gasteiger partial charge in [-0.15, -0.1) is 0 Å². The molecule has 3 rings (SSSR count). The van der Waals surface area contributed by atoms with Crippen molar-refractivity contribution < 1.29 is 26.3 Å². The molecule has 28 heavy (non-hydrogen) atoms. The van der Waals surface area contributed by atoms with Crippen LogP contribution in [0.3, 0.4) is 0 Å². The molecule has 1 aliphatic carbocycles. The van der Waals surface area contributed by atoms with Crippen LogP contribution in [0.25, 0.3) is 11.1 Å². The van der Waals surface area contributed by atoms with E-state index in [0.29, 0.717) is 12.1 Å². The van der Waals surface area contributed by atoms with Gasteiger partial charge >= 0.3 is 12.4 Å². The Labute approximate surface area is 153 Å². The summed E-state index contributed by atoms with van der Waals surface area (Å²) in [5.74, 6) is 0. The number of nitrogens with zero attached hydrogens (tertiary/aromatic N) is 4. The first kappa shape index (κ1) is 18.9. The molecule has 0 heterocycles. The third-order valence-electron chi connectivity index (χ3n) is 4.13. The van der Waals surface area contributed by atoms with Crippen molar-refractivity contribution in [1.29, 1.82) is 15.8 Å². The number of aliphatic imine (C=N–C) groups is 1. The Hall–Kier alpha value is -3.84. The molecular formula is C18H4F6N4. The van der Waals surface area contributed by atoms with Crippen LogP contribution in [0, 0.1) is 34.1 Å². The molecule has 10 heteroatoms. The normalized spacial score (nSPS) is 12.5. The number of hydrogen-bond acceptors (Lipinski definition) is 4. The maximum Gasteiger partial charge on any atom is 0.417 e. The average molecular weight is 390 g/mol. The lowest BCUT2D eigenvalue weighted by Crippen LogP contribution is -2.09. The van der Waals surface area contributed by atoms with Gasteiger partial charge in [-0.2, -0.15) is 47.1 Å². The summed E-state index contributed by atoms with van der Waals surface area (Å²) in [6.07, 6.45) is -8.41. The number of halogens is 6. The second kappa shape index (κ2) is 6.11. The molecule has 0 spiro atoms. The van der Waals surface area contributed by atoms with Crippen molar-refractivity contribution in [3.63, 3.8) is 0 Å². The van der Waals surface area contributed by atoms with Crippen LogP contribution in [-0.2, 0) is 12.4 Å². The molecule has 0 saturated carbocycles. The van der Waals surface area contributed by atoms with E-state index in [0.717, 1.165) is 12.1 Å². The van der Waals surface area contributed by atoms with Crippen molar-refractivity contribution in [2.24, 2.45) is 4.99 Å². The minimum absolute atomic E-state index is 0.0932. The number of rotatable bonds is 0. The SMILES string of the molecule is N#CN=C1c2cc(C#N)c(C(F)(F)F)cc2-c2cc(C(F)(F)F)c(C#N)cc21. The zero-order chi connectivity index (χ0) is 20.9. The number of benzene rings is 2. The van der Waals surface area contributed by atoms with E-state index in [1.165, 1.54) is 18.3 Å². The Morgan fingerprint density at radius 2 is 1.04 bits per heavy atom. The molecular weight excluding hydrogens is 386 g/mol. The van der Waals surface area contributed by atoms with Crippen molar-refractivity contribution in [2.45, 2.75) is 12.4 Å². The van der Waals surface area contributed by atoms with Crippen LogP contribution < -0.4 is 0 Å². The molecule has 0 bridgehead atoms. The first-order chi connectivity index (χ1) is 13.0. The number of alkyl halides is 6. The standard InChI is InChI=1S/C18H4F6N4/c19-17(20,21)14-3-10-11-4-15(18(22,23)24)9(6-26)2-13(11)16(28-7-27)12(10)1-8(14)5-25/h1-4H. The lowest BCUT2D eigenvalue weighted by Gasteiger charge is -2.13. The fourth-order valence-corrected chi connectivity index (χ4v) is 3.01. The molecule has 0 unspecified atom stereocenters. The van der Waals surface area contributed by atoms with E-state index in [9.17, 15) is 26.3 Å². The van der Waals surface area contributed by atoms with E-state index in [-0.39, 0.29) is 28.0 Å². The van der Waals surface area contributed by atoms with E-state index in [1.54, 1.807) is 0 Å². The zero-order valence-electron chi connectivity index (χ0n) is 13.4. The molecule has 138 valence electrons. The van der Waals surface area contributed by atoms with Gasteiger partial charge in [0.2, 0.25) is 6.19 Å². The van der Waals surface area contributed by atoms with Crippen LogP contribution in [-0.4, -0.2) is 5.71 Å². The Bertz CT molecular complexity index is 1080. The Kier molecular flexibility index (Phi) is 4.13. The molecule has 2 aromatic carbocycles. The van der Waals surface area contributed by atoms with Crippen molar-refractivity contribution in [1.82, 2.24) is 0 Å². The smallest absolute Gasteiger partial charge is 0.192 e. The van der Waals surface area contributed by atoms with Crippen LogP contribution in [0.1, 0.15) is 33.4 Å². The maximum atomic E-state index is 13.3. The molecule has 0 aromatic heterocycles. The van der Waals surface area contributed by atoms with Crippen molar-refractivity contribution in [3.05, 3.63) is 57.6 Å². The molecule has 0 amide bonds.